The van der Waals surface area contributed by atoms with Gasteiger partial charge in [0.05, 0.1) is 0 Å². The van der Waals surface area contributed by atoms with Crippen molar-refractivity contribution in [3.8, 4) is 12.3 Å². The van der Waals surface area contributed by atoms with Gasteiger partial charge in [-0.15, -0.1) is 12.3 Å². The first-order chi connectivity index (χ1) is 7.69. The van der Waals surface area contributed by atoms with Gasteiger partial charge in [0, 0.05) is 30.3 Å². The van der Waals surface area contributed by atoms with Crippen LogP contribution in [0.15, 0.2) is 18.3 Å². The zero-order valence-corrected chi connectivity index (χ0v) is 10.5. The lowest BCUT2D eigenvalue weighted by atomic mass is 10.1. The minimum Gasteiger partial charge on any atom is -0.306 e. The summed E-state index contributed by atoms with van der Waals surface area (Å²) in [6.45, 7) is 4.19. The summed E-state index contributed by atoms with van der Waals surface area (Å²) in [5.41, 5.74) is 1.01. The van der Waals surface area contributed by atoms with Crippen LogP contribution >= 0.6 is 11.6 Å². The minimum atomic E-state index is 0.166. The molecule has 16 heavy (non-hydrogen) atoms. The molecule has 1 rings (SSSR count). The number of pyridine rings is 1. The molecule has 0 saturated heterocycles. The monoisotopic (exact) mass is 236 g/mol. The molecule has 0 bridgehead atoms. The second-order valence-corrected chi connectivity index (χ2v) is 4.14. The second-order valence-electron chi connectivity index (χ2n) is 3.79. The number of halogens is 1. The van der Waals surface area contributed by atoms with Crippen LogP contribution < -0.4 is 5.32 Å². The van der Waals surface area contributed by atoms with Crippen LogP contribution in [0.3, 0.4) is 0 Å². The first-order valence-electron chi connectivity index (χ1n) is 5.49. The molecule has 0 amide bonds. The van der Waals surface area contributed by atoms with Crippen LogP contribution in [0.5, 0.6) is 0 Å². The number of nitrogens with zero attached hydrogens (tertiary/aromatic N) is 1. The lowest BCUT2D eigenvalue weighted by Gasteiger charge is -2.21. The molecule has 1 aromatic rings. The summed E-state index contributed by atoms with van der Waals surface area (Å²) in [6, 6.07) is 4.37. The normalized spacial score (nSPS) is 14.1. The molecule has 0 aliphatic rings. The Hall–Kier alpha value is -1.04. The standard InChI is InChI=1S/C13H17ClN2/c1-4-7-11(5-2)16-10(3)12-8-6-9-15-13(12)14/h1,6,8-11,16H,5,7H2,2-3H3. The summed E-state index contributed by atoms with van der Waals surface area (Å²) in [6.07, 6.45) is 8.75. The molecule has 0 spiro atoms. The number of rotatable bonds is 5. The second kappa shape index (κ2) is 6.52. The van der Waals surface area contributed by atoms with Gasteiger partial charge < -0.3 is 5.32 Å². The molecule has 2 atom stereocenters. The van der Waals surface area contributed by atoms with Crippen LogP contribution in [0, 0.1) is 12.3 Å². The maximum atomic E-state index is 6.03. The molecule has 1 N–H and O–H groups in total. The van der Waals surface area contributed by atoms with E-state index in [1.54, 1.807) is 6.20 Å². The summed E-state index contributed by atoms with van der Waals surface area (Å²) in [5, 5.41) is 4.01. The van der Waals surface area contributed by atoms with E-state index < -0.39 is 0 Å². The SMILES string of the molecule is C#CCC(CC)NC(C)c1cccnc1Cl. The molecule has 0 radical (unpaired) electrons. The van der Waals surface area contributed by atoms with Gasteiger partial charge in [0.1, 0.15) is 5.15 Å². The van der Waals surface area contributed by atoms with Crippen molar-refractivity contribution in [1.82, 2.24) is 10.3 Å². The minimum absolute atomic E-state index is 0.166. The molecule has 0 saturated carbocycles. The summed E-state index contributed by atoms with van der Waals surface area (Å²) in [5.74, 6) is 2.68. The molecule has 1 heterocycles. The summed E-state index contributed by atoms with van der Waals surface area (Å²) in [7, 11) is 0. The highest BCUT2D eigenvalue weighted by atomic mass is 35.5. The third kappa shape index (κ3) is 3.52. The Labute approximate surface area is 102 Å². The van der Waals surface area contributed by atoms with Gasteiger partial charge in [-0.1, -0.05) is 24.6 Å². The van der Waals surface area contributed by atoms with E-state index in [0.29, 0.717) is 11.2 Å². The Morgan fingerprint density at radius 1 is 1.62 bits per heavy atom. The molecule has 2 nitrogen and oxygen atoms in total. The highest BCUT2D eigenvalue weighted by Crippen LogP contribution is 2.20. The van der Waals surface area contributed by atoms with Gasteiger partial charge in [-0.2, -0.15) is 0 Å². The van der Waals surface area contributed by atoms with Crippen LogP contribution in [0.2, 0.25) is 5.15 Å². The Morgan fingerprint density at radius 2 is 2.38 bits per heavy atom. The molecular weight excluding hydrogens is 220 g/mol. The van der Waals surface area contributed by atoms with Crippen molar-refractivity contribution in [2.75, 3.05) is 0 Å². The van der Waals surface area contributed by atoms with Crippen molar-refractivity contribution < 1.29 is 0 Å². The zero-order chi connectivity index (χ0) is 12.0. The highest BCUT2D eigenvalue weighted by molar-refractivity contribution is 6.30. The molecule has 0 aromatic carbocycles. The first-order valence-corrected chi connectivity index (χ1v) is 5.86. The summed E-state index contributed by atoms with van der Waals surface area (Å²) in [4.78, 5) is 4.06. The molecule has 3 heteroatoms. The number of terminal acetylenes is 1. The third-order valence-corrected chi connectivity index (χ3v) is 2.91. The average molecular weight is 237 g/mol. The van der Waals surface area contributed by atoms with Crippen molar-refractivity contribution in [2.45, 2.75) is 38.8 Å². The fourth-order valence-corrected chi connectivity index (χ4v) is 1.91. The number of nitrogens with one attached hydrogen (secondary N) is 1. The molecule has 0 aliphatic heterocycles. The summed E-state index contributed by atoms with van der Waals surface area (Å²) >= 11 is 6.03. The topological polar surface area (TPSA) is 24.9 Å². The van der Waals surface area contributed by atoms with Crippen LogP contribution in [0.1, 0.15) is 38.3 Å². The van der Waals surface area contributed by atoms with Gasteiger partial charge in [0.15, 0.2) is 0 Å². The lowest BCUT2D eigenvalue weighted by molar-refractivity contribution is 0.448. The predicted octanol–water partition coefficient (Wildman–Crippen LogP) is 3.19. The molecule has 0 aliphatic carbocycles. The molecule has 0 fully saturated rings. The van der Waals surface area contributed by atoms with E-state index >= 15 is 0 Å². The number of hydrogen-bond donors (Lipinski definition) is 1. The van der Waals surface area contributed by atoms with E-state index in [4.69, 9.17) is 18.0 Å². The maximum absolute atomic E-state index is 6.03. The van der Waals surface area contributed by atoms with E-state index in [1.807, 2.05) is 12.1 Å². The molecule has 1 aromatic heterocycles. The van der Waals surface area contributed by atoms with Crippen molar-refractivity contribution in [2.24, 2.45) is 0 Å². The molecular formula is C13H17ClN2. The molecule has 86 valence electrons. The van der Waals surface area contributed by atoms with E-state index in [-0.39, 0.29) is 6.04 Å². The van der Waals surface area contributed by atoms with Gasteiger partial charge in [-0.3, -0.25) is 0 Å². The van der Waals surface area contributed by atoms with Crippen molar-refractivity contribution >= 4 is 11.6 Å². The lowest BCUT2D eigenvalue weighted by Crippen LogP contribution is -2.30. The van der Waals surface area contributed by atoms with Gasteiger partial charge in [-0.25, -0.2) is 4.98 Å². The van der Waals surface area contributed by atoms with Crippen molar-refractivity contribution in [3.05, 3.63) is 29.0 Å². The van der Waals surface area contributed by atoms with Crippen molar-refractivity contribution in [1.29, 1.82) is 0 Å². The Bertz CT molecular complexity index is 370. The van der Waals surface area contributed by atoms with Crippen LogP contribution in [0.4, 0.5) is 0 Å². The van der Waals surface area contributed by atoms with Gasteiger partial charge in [-0.05, 0) is 19.4 Å². The first kappa shape index (κ1) is 13.0. The third-order valence-electron chi connectivity index (χ3n) is 2.60. The average Bonchev–Trinajstić information content (AvgIpc) is 2.28. The van der Waals surface area contributed by atoms with Crippen LogP contribution in [-0.2, 0) is 0 Å². The van der Waals surface area contributed by atoms with Crippen LogP contribution in [0.25, 0.3) is 0 Å². The highest BCUT2D eigenvalue weighted by Gasteiger charge is 2.13. The fourth-order valence-electron chi connectivity index (χ4n) is 1.63. The number of hydrogen-bond acceptors (Lipinski definition) is 2. The maximum Gasteiger partial charge on any atom is 0.133 e. The largest absolute Gasteiger partial charge is 0.306 e. The van der Waals surface area contributed by atoms with E-state index in [2.05, 4.69) is 30.1 Å². The van der Waals surface area contributed by atoms with E-state index in [9.17, 15) is 0 Å². The zero-order valence-electron chi connectivity index (χ0n) is 9.70. The predicted molar refractivity (Wildman–Crippen MR) is 68.3 cm³/mol. The Morgan fingerprint density at radius 3 is 2.94 bits per heavy atom. The van der Waals surface area contributed by atoms with E-state index in [1.165, 1.54) is 0 Å². The Balaban J connectivity index is 2.68. The summed E-state index contributed by atoms with van der Waals surface area (Å²) < 4.78 is 0. The smallest absolute Gasteiger partial charge is 0.133 e. The van der Waals surface area contributed by atoms with Gasteiger partial charge >= 0.3 is 0 Å². The van der Waals surface area contributed by atoms with Gasteiger partial charge in [0.2, 0.25) is 0 Å². The number of aromatic nitrogens is 1. The fraction of sp³-hybridized carbons (Fsp3) is 0.462. The van der Waals surface area contributed by atoms with Gasteiger partial charge in [0.25, 0.3) is 0 Å². The quantitative estimate of drug-likeness (QED) is 0.628. The van der Waals surface area contributed by atoms with E-state index in [0.717, 1.165) is 18.4 Å². The Kier molecular flexibility index (Phi) is 5.31. The van der Waals surface area contributed by atoms with Crippen LogP contribution in [-0.4, -0.2) is 11.0 Å². The molecule has 2 unspecified atom stereocenters. The van der Waals surface area contributed by atoms with Crippen molar-refractivity contribution in [3.63, 3.8) is 0 Å².